The summed E-state index contributed by atoms with van der Waals surface area (Å²) in [6.45, 7) is 1.98. The van der Waals surface area contributed by atoms with Crippen molar-refractivity contribution in [2.75, 3.05) is 18.5 Å². The number of ether oxygens (including phenoxy) is 2. The van der Waals surface area contributed by atoms with Gasteiger partial charge in [0.25, 0.3) is 0 Å². The van der Waals surface area contributed by atoms with Crippen molar-refractivity contribution in [1.82, 2.24) is 4.57 Å². The Balaban J connectivity index is 1.24. The molecule has 7 nitrogen and oxygen atoms in total. The summed E-state index contributed by atoms with van der Waals surface area (Å²) >= 11 is 1.54. The first-order valence-corrected chi connectivity index (χ1v) is 14.5. The fourth-order valence-electron chi connectivity index (χ4n) is 6.04. The van der Waals surface area contributed by atoms with Crippen LogP contribution in [0.15, 0.2) is 96.4 Å². The van der Waals surface area contributed by atoms with Crippen molar-refractivity contribution in [2.24, 2.45) is 0 Å². The molecule has 1 aliphatic heterocycles. The van der Waals surface area contributed by atoms with Gasteiger partial charge in [-0.05, 0) is 70.5 Å². The number of nitriles is 1. The zero-order valence-electron chi connectivity index (χ0n) is 22.7. The largest absolute Gasteiger partial charge is 0.448 e. The van der Waals surface area contributed by atoms with Gasteiger partial charge in [0, 0.05) is 22.0 Å². The number of hydrogen-bond acceptors (Lipinski definition) is 6. The molecule has 1 amide bonds. The van der Waals surface area contributed by atoms with Gasteiger partial charge in [-0.2, -0.15) is 5.26 Å². The van der Waals surface area contributed by atoms with Gasteiger partial charge >= 0.3 is 6.09 Å². The molecule has 0 spiro atoms. The lowest BCUT2D eigenvalue weighted by molar-refractivity contribution is -0.124. The van der Waals surface area contributed by atoms with Gasteiger partial charge in [0.05, 0.1) is 5.69 Å². The van der Waals surface area contributed by atoms with Crippen LogP contribution in [0.2, 0.25) is 0 Å². The number of carbonyl (C=O) groups is 2. The Bertz CT molecular complexity index is 1860. The van der Waals surface area contributed by atoms with Gasteiger partial charge in [0.2, 0.25) is 5.91 Å². The van der Waals surface area contributed by atoms with Crippen LogP contribution in [-0.2, 0) is 19.9 Å². The van der Waals surface area contributed by atoms with Crippen LogP contribution in [-0.4, -0.2) is 29.8 Å². The first-order chi connectivity index (χ1) is 20.5. The quantitative estimate of drug-likeness (QED) is 0.248. The topological polar surface area (TPSA) is 93.4 Å². The van der Waals surface area contributed by atoms with Crippen LogP contribution in [0.4, 0.5) is 10.5 Å². The van der Waals surface area contributed by atoms with Crippen molar-refractivity contribution in [3.63, 3.8) is 0 Å². The molecule has 0 bridgehead atoms. The molecule has 1 N–H and O–H groups in total. The molecule has 3 aromatic carbocycles. The minimum absolute atomic E-state index is 0.0902. The van der Waals surface area contributed by atoms with E-state index < -0.39 is 11.7 Å². The molecule has 0 saturated carbocycles. The number of carbonyl (C=O) groups excluding carboxylic acids is 2. The number of aromatic nitrogens is 1. The molecule has 0 saturated heterocycles. The standard InChI is InChI=1S/C34H25N3O4S/c1-34(31-11-6-16-42-31)28-17-21(12-14-29(28)36-32(38)20-41-34)30-15-13-22(18-35)37(30)33(39)40-19-27-25-9-4-2-7-23(25)24-8-3-5-10-26(24)27/h2-17,27H,19-20H2,1H3,(H,36,38). The summed E-state index contributed by atoms with van der Waals surface area (Å²) in [6.07, 6.45) is -0.631. The highest BCUT2D eigenvalue weighted by Gasteiger charge is 2.37. The molecule has 1 atom stereocenters. The number of amides is 1. The third-order valence-corrected chi connectivity index (χ3v) is 9.17. The van der Waals surface area contributed by atoms with Gasteiger partial charge in [-0.15, -0.1) is 11.3 Å². The Morgan fingerprint density at radius 1 is 1.05 bits per heavy atom. The maximum Gasteiger partial charge on any atom is 0.419 e. The van der Waals surface area contributed by atoms with Crippen LogP contribution in [0.3, 0.4) is 0 Å². The minimum atomic E-state index is -0.891. The average Bonchev–Trinajstić information content (AvgIpc) is 3.76. The van der Waals surface area contributed by atoms with E-state index in [0.29, 0.717) is 16.9 Å². The van der Waals surface area contributed by atoms with Crippen molar-refractivity contribution >= 4 is 29.0 Å². The van der Waals surface area contributed by atoms with Crippen LogP contribution in [0.5, 0.6) is 0 Å². The molecule has 1 unspecified atom stereocenters. The molecule has 7 rings (SSSR count). The number of nitrogens with one attached hydrogen (secondary N) is 1. The van der Waals surface area contributed by atoms with Gasteiger partial charge in [0.1, 0.15) is 30.6 Å². The summed E-state index contributed by atoms with van der Waals surface area (Å²) in [5, 5.41) is 14.8. The summed E-state index contributed by atoms with van der Waals surface area (Å²) in [6, 6.07) is 31.2. The Kier molecular flexibility index (Phi) is 6.27. The zero-order chi connectivity index (χ0) is 28.8. The maximum absolute atomic E-state index is 13.7. The molecule has 1 aliphatic carbocycles. The number of hydrogen-bond donors (Lipinski definition) is 1. The van der Waals surface area contributed by atoms with Crippen LogP contribution in [0.25, 0.3) is 22.4 Å². The first-order valence-electron chi connectivity index (χ1n) is 13.6. The van der Waals surface area contributed by atoms with Crippen LogP contribution in [0.1, 0.15) is 40.1 Å². The number of fused-ring (bicyclic) bond motifs is 4. The second-order valence-electron chi connectivity index (χ2n) is 10.5. The first kappa shape index (κ1) is 26.0. The van der Waals surface area contributed by atoms with Crippen LogP contribution < -0.4 is 5.32 Å². The van der Waals surface area contributed by atoms with Crippen molar-refractivity contribution in [3.05, 3.63) is 124 Å². The third kappa shape index (κ3) is 4.14. The van der Waals surface area contributed by atoms with E-state index >= 15 is 0 Å². The highest BCUT2D eigenvalue weighted by Crippen LogP contribution is 2.45. The lowest BCUT2D eigenvalue weighted by atomic mass is 9.90. The third-order valence-electron chi connectivity index (χ3n) is 8.10. The van der Waals surface area contributed by atoms with E-state index in [2.05, 4.69) is 35.7 Å². The molecule has 0 radical (unpaired) electrons. The second kappa shape index (κ2) is 10.1. The van der Waals surface area contributed by atoms with Crippen molar-refractivity contribution in [1.29, 1.82) is 5.26 Å². The highest BCUT2D eigenvalue weighted by atomic mass is 32.1. The highest BCUT2D eigenvalue weighted by molar-refractivity contribution is 7.10. The molecule has 0 fully saturated rings. The molecule has 2 aromatic heterocycles. The Morgan fingerprint density at radius 2 is 1.79 bits per heavy atom. The maximum atomic E-state index is 13.7. The molecular formula is C34H25N3O4S. The summed E-state index contributed by atoms with van der Waals surface area (Å²) in [5.41, 5.74) is 6.37. The Hall–Kier alpha value is -4.97. The SMILES string of the molecule is CC1(c2cccs2)OCC(=O)Nc2ccc(-c3ccc(C#N)n3C(=O)OCC3c4ccccc4-c4ccccc43)cc21. The monoisotopic (exact) mass is 571 g/mol. The summed E-state index contributed by atoms with van der Waals surface area (Å²) in [5.74, 6) is -0.344. The summed E-state index contributed by atoms with van der Waals surface area (Å²) < 4.78 is 13.4. The summed E-state index contributed by atoms with van der Waals surface area (Å²) in [4.78, 5) is 27.1. The zero-order valence-corrected chi connectivity index (χ0v) is 23.5. The molecule has 5 aromatic rings. The summed E-state index contributed by atoms with van der Waals surface area (Å²) in [7, 11) is 0. The smallest absolute Gasteiger partial charge is 0.419 e. The number of nitrogens with zero attached hydrogens (tertiary/aromatic N) is 2. The van der Waals surface area contributed by atoms with E-state index in [1.165, 1.54) is 4.57 Å². The molecule has 3 heterocycles. The fourth-order valence-corrected chi connectivity index (χ4v) is 6.89. The molecule has 206 valence electrons. The van der Waals surface area contributed by atoms with Gasteiger partial charge in [-0.25, -0.2) is 9.36 Å². The fraction of sp³-hybridized carbons (Fsp3) is 0.147. The molecule has 2 aliphatic rings. The average molecular weight is 572 g/mol. The number of benzene rings is 3. The van der Waals surface area contributed by atoms with E-state index in [4.69, 9.17) is 9.47 Å². The minimum Gasteiger partial charge on any atom is -0.448 e. The molecule has 8 heteroatoms. The second-order valence-corrected chi connectivity index (χ2v) is 11.4. The van der Waals surface area contributed by atoms with Crippen LogP contribution in [0, 0.1) is 11.3 Å². The van der Waals surface area contributed by atoms with Crippen molar-refractivity contribution in [3.8, 4) is 28.5 Å². The van der Waals surface area contributed by atoms with Gasteiger partial charge in [0.15, 0.2) is 0 Å². The van der Waals surface area contributed by atoms with E-state index in [9.17, 15) is 14.9 Å². The van der Waals surface area contributed by atoms with E-state index in [1.54, 1.807) is 23.5 Å². The van der Waals surface area contributed by atoms with Gasteiger partial charge in [-0.3, -0.25) is 4.79 Å². The van der Waals surface area contributed by atoms with Crippen molar-refractivity contribution < 1.29 is 19.1 Å². The van der Waals surface area contributed by atoms with E-state index in [-0.39, 0.29) is 30.7 Å². The molecular weight excluding hydrogens is 546 g/mol. The Labute approximate surface area is 246 Å². The van der Waals surface area contributed by atoms with E-state index in [1.807, 2.05) is 66.9 Å². The van der Waals surface area contributed by atoms with Crippen LogP contribution >= 0.6 is 11.3 Å². The predicted octanol–water partition coefficient (Wildman–Crippen LogP) is 7.12. The lowest BCUT2D eigenvalue weighted by Crippen LogP contribution is -2.27. The predicted molar refractivity (Wildman–Crippen MR) is 160 cm³/mol. The van der Waals surface area contributed by atoms with Crippen molar-refractivity contribution in [2.45, 2.75) is 18.4 Å². The molecule has 42 heavy (non-hydrogen) atoms. The lowest BCUT2D eigenvalue weighted by Gasteiger charge is -2.29. The number of anilines is 1. The normalized spacial score (nSPS) is 17.4. The van der Waals surface area contributed by atoms with Gasteiger partial charge in [-0.1, -0.05) is 60.7 Å². The number of thiophene rings is 1. The van der Waals surface area contributed by atoms with Gasteiger partial charge < -0.3 is 14.8 Å². The Morgan fingerprint density at radius 3 is 2.48 bits per heavy atom. The number of rotatable bonds is 4. The van der Waals surface area contributed by atoms with E-state index in [0.717, 1.165) is 32.7 Å².